The molecule has 0 amide bonds. The van der Waals surface area contributed by atoms with Gasteiger partial charge >= 0.3 is 0 Å². The van der Waals surface area contributed by atoms with Gasteiger partial charge in [-0.15, -0.1) is 0 Å². The molecule has 1 heterocycles. The molecule has 2 rings (SSSR count). The van der Waals surface area contributed by atoms with Gasteiger partial charge in [-0.1, -0.05) is 12.1 Å². The van der Waals surface area contributed by atoms with Crippen molar-refractivity contribution < 1.29 is 0 Å². The summed E-state index contributed by atoms with van der Waals surface area (Å²) >= 11 is 0. The van der Waals surface area contributed by atoms with E-state index in [1.54, 1.807) is 6.07 Å². The molecule has 0 aliphatic carbocycles. The lowest BCUT2D eigenvalue weighted by Crippen LogP contribution is -2.10. The zero-order chi connectivity index (χ0) is 12.3. The molecule has 2 N–H and O–H groups in total. The third-order valence-corrected chi connectivity index (χ3v) is 2.60. The predicted molar refractivity (Wildman–Crippen MR) is 64.3 cm³/mol. The Labute approximate surface area is 99.5 Å². The van der Waals surface area contributed by atoms with Crippen molar-refractivity contribution in [3.63, 3.8) is 0 Å². The monoisotopic (exact) mass is 227 g/mol. The Hall–Kier alpha value is -2.35. The summed E-state index contributed by atoms with van der Waals surface area (Å²) in [6.45, 7) is 3.93. The van der Waals surface area contributed by atoms with Crippen LogP contribution in [0.25, 0.3) is 0 Å². The summed E-state index contributed by atoms with van der Waals surface area (Å²) in [5.41, 5.74) is 2.52. The zero-order valence-corrected chi connectivity index (χ0v) is 9.73. The molecule has 0 saturated heterocycles. The highest BCUT2D eigenvalue weighted by Gasteiger charge is 2.12. The number of aromatic amines is 1. The lowest BCUT2D eigenvalue weighted by atomic mass is 10.1. The number of nitrogens with zero attached hydrogens (tertiary/aromatic N) is 3. The van der Waals surface area contributed by atoms with Crippen LogP contribution >= 0.6 is 0 Å². The van der Waals surface area contributed by atoms with Gasteiger partial charge in [0.25, 0.3) is 0 Å². The number of rotatable bonds is 3. The highest BCUT2D eigenvalue weighted by atomic mass is 15.2. The van der Waals surface area contributed by atoms with Crippen molar-refractivity contribution >= 4 is 5.69 Å². The number of hydrogen-bond acceptors (Lipinski definition) is 4. The van der Waals surface area contributed by atoms with Crippen molar-refractivity contribution in [3.05, 3.63) is 41.5 Å². The number of hydrogen-bond donors (Lipinski definition) is 2. The van der Waals surface area contributed by atoms with Crippen LogP contribution < -0.4 is 5.32 Å². The number of nitrogens with one attached hydrogen (secondary N) is 2. The van der Waals surface area contributed by atoms with Crippen LogP contribution in [-0.2, 0) is 0 Å². The average molecular weight is 227 g/mol. The Morgan fingerprint density at radius 1 is 1.47 bits per heavy atom. The molecule has 0 spiro atoms. The topological polar surface area (TPSA) is 77.4 Å². The van der Waals surface area contributed by atoms with E-state index in [2.05, 4.69) is 26.6 Å². The minimum Gasteiger partial charge on any atom is -0.374 e. The number of benzene rings is 1. The van der Waals surface area contributed by atoms with E-state index in [1.807, 2.05) is 26.0 Å². The van der Waals surface area contributed by atoms with Gasteiger partial charge in [-0.2, -0.15) is 10.4 Å². The van der Waals surface area contributed by atoms with Gasteiger partial charge in [0.15, 0.2) is 0 Å². The van der Waals surface area contributed by atoms with E-state index >= 15 is 0 Å². The summed E-state index contributed by atoms with van der Waals surface area (Å²) in [5, 5.41) is 19.0. The Morgan fingerprint density at radius 2 is 2.29 bits per heavy atom. The summed E-state index contributed by atoms with van der Waals surface area (Å²) in [7, 11) is 0. The van der Waals surface area contributed by atoms with Crippen LogP contribution in [0, 0.1) is 18.3 Å². The van der Waals surface area contributed by atoms with Crippen molar-refractivity contribution in [2.45, 2.75) is 19.9 Å². The smallest absolute Gasteiger partial charge is 0.146 e. The first-order valence-corrected chi connectivity index (χ1v) is 5.34. The highest BCUT2D eigenvalue weighted by molar-refractivity contribution is 5.62. The molecular formula is C12H13N5. The third kappa shape index (κ3) is 2.26. The zero-order valence-electron chi connectivity index (χ0n) is 9.73. The summed E-state index contributed by atoms with van der Waals surface area (Å²) in [5.74, 6) is 0.747. The maximum absolute atomic E-state index is 9.06. The van der Waals surface area contributed by atoms with Gasteiger partial charge in [0.05, 0.1) is 17.3 Å². The molecule has 0 saturated carbocycles. The van der Waals surface area contributed by atoms with E-state index in [1.165, 1.54) is 6.33 Å². The van der Waals surface area contributed by atoms with Crippen molar-refractivity contribution in [2.24, 2.45) is 0 Å². The van der Waals surface area contributed by atoms with Crippen molar-refractivity contribution in [3.8, 4) is 6.07 Å². The van der Waals surface area contributed by atoms with Gasteiger partial charge in [-0.05, 0) is 25.5 Å². The second kappa shape index (κ2) is 4.66. The fourth-order valence-electron chi connectivity index (χ4n) is 1.66. The molecule has 5 heteroatoms. The summed E-state index contributed by atoms with van der Waals surface area (Å²) < 4.78 is 0. The summed E-state index contributed by atoms with van der Waals surface area (Å²) in [6.07, 6.45) is 1.47. The van der Waals surface area contributed by atoms with Crippen molar-refractivity contribution in [1.82, 2.24) is 15.2 Å². The van der Waals surface area contributed by atoms with E-state index < -0.39 is 0 Å². The van der Waals surface area contributed by atoms with Crippen molar-refractivity contribution in [2.75, 3.05) is 5.32 Å². The fourth-order valence-corrected chi connectivity index (χ4v) is 1.66. The van der Waals surface area contributed by atoms with Crippen LogP contribution in [0.4, 0.5) is 5.69 Å². The van der Waals surface area contributed by atoms with Crippen LogP contribution in [0.15, 0.2) is 24.5 Å². The van der Waals surface area contributed by atoms with E-state index in [4.69, 9.17) is 5.26 Å². The van der Waals surface area contributed by atoms with Gasteiger partial charge in [0.2, 0.25) is 0 Å². The molecule has 1 unspecified atom stereocenters. The number of H-pyrrole nitrogens is 1. The summed E-state index contributed by atoms with van der Waals surface area (Å²) in [4.78, 5) is 4.09. The predicted octanol–water partition coefficient (Wildman–Crippen LogP) is 2.16. The van der Waals surface area contributed by atoms with Gasteiger partial charge < -0.3 is 5.32 Å². The van der Waals surface area contributed by atoms with E-state index in [-0.39, 0.29) is 6.04 Å². The minimum absolute atomic E-state index is 0.0225. The first-order valence-electron chi connectivity index (χ1n) is 5.34. The number of aryl methyl sites for hydroxylation is 1. The summed E-state index contributed by atoms with van der Waals surface area (Å²) in [6, 6.07) is 7.79. The van der Waals surface area contributed by atoms with Gasteiger partial charge in [0, 0.05) is 0 Å². The fraction of sp³-hybridized carbons (Fsp3) is 0.250. The maximum Gasteiger partial charge on any atom is 0.146 e. The molecule has 86 valence electrons. The van der Waals surface area contributed by atoms with Gasteiger partial charge in [0.1, 0.15) is 18.2 Å². The number of aromatic nitrogens is 3. The van der Waals surface area contributed by atoms with Gasteiger partial charge in [-0.25, -0.2) is 4.98 Å². The van der Waals surface area contributed by atoms with E-state index in [9.17, 15) is 0 Å². The SMILES string of the molecule is Cc1cccc(C#N)c1NC(C)c1ncn[nH]1. The largest absolute Gasteiger partial charge is 0.374 e. The quantitative estimate of drug-likeness (QED) is 0.842. The molecule has 5 nitrogen and oxygen atoms in total. The first-order chi connectivity index (χ1) is 8.22. The molecule has 0 aliphatic rings. The normalized spacial score (nSPS) is 11.8. The third-order valence-electron chi connectivity index (χ3n) is 2.60. The first kappa shape index (κ1) is 11.1. The molecule has 2 aromatic rings. The lowest BCUT2D eigenvalue weighted by Gasteiger charge is -2.15. The highest BCUT2D eigenvalue weighted by Crippen LogP contribution is 2.23. The van der Waals surface area contributed by atoms with Crippen LogP contribution in [-0.4, -0.2) is 15.2 Å². The number of para-hydroxylation sites is 1. The molecule has 17 heavy (non-hydrogen) atoms. The Bertz CT molecular complexity index is 539. The molecular weight excluding hydrogens is 214 g/mol. The molecule has 0 radical (unpaired) electrons. The minimum atomic E-state index is -0.0225. The van der Waals surface area contributed by atoms with Crippen LogP contribution in [0.1, 0.15) is 29.9 Å². The van der Waals surface area contributed by atoms with Crippen LogP contribution in [0.5, 0.6) is 0 Å². The van der Waals surface area contributed by atoms with Gasteiger partial charge in [-0.3, -0.25) is 5.10 Å². The average Bonchev–Trinajstić information content (AvgIpc) is 2.85. The molecule has 0 bridgehead atoms. The Morgan fingerprint density at radius 3 is 2.94 bits per heavy atom. The van der Waals surface area contributed by atoms with E-state index in [0.717, 1.165) is 17.1 Å². The Balaban J connectivity index is 2.28. The molecule has 1 aromatic heterocycles. The standard InChI is InChI=1S/C12H13N5/c1-8-4-3-5-10(6-13)11(8)16-9(2)12-14-7-15-17-12/h3-5,7,9,16H,1-2H3,(H,14,15,17). The Kier molecular flexibility index (Phi) is 3.06. The van der Waals surface area contributed by atoms with Crippen LogP contribution in [0.3, 0.4) is 0 Å². The molecule has 1 atom stereocenters. The second-order valence-corrected chi connectivity index (χ2v) is 3.85. The number of nitriles is 1. The maximum atomic E-state index is 9.06. The van der Waals surface area contributed by atoms with Crippen molar-refractivity contribution in [1.29, 1.82) is 5.26 Å². The number of anilines is 1. The molecule has 0 fully saturated rings. The molecule has 0 aliphatic heterocycles. The van der Waals surface area contributed by atoms with E-state index in [0.29, 0.717) is 5.56 Å². The molecule has 1 aromatic carbocycles. The second-order valence-electron chi connectivity index (χ2n) is 3.85. The lowest BCUT2D eigenvalue weighted by molar-refractivity contribution is 0.794. The van der Waals surface area contributed by atoms with Crippen LogP contribution in [0.2, 0.25) is 0 Å².